The second-order valence-electron chi connectivity index (χ2n) is 6.14. The van der Waals surface area contributed by atoms with Crippen LogP contribution >= 0.6 is 0 Å². The van der Waals surface area contributed by atoms with E-state index in [2.05, 4.69) is 10.3 Å². The van der Waals surface area contributed by atoms with Crippen molar-refractivity contribution in [3.05, 3.63) is 60.5 Å². The second-order valence-corrected chi connectivity index (χ2v) is 6.14. The number of amides is 2. The summed E-state index contributed by atoms with van der Waals surface area (Å²) in [6.45, 7) is 0.241. The number of aromatic nitrogens is 1. The number of para-hydroxylation sites is 3. The van der Waals surface area contributed by atoms with Crippen molar-refractivity contribution in [2.75, 3.05) is 18.4 Å². The first-order chi connectivity index (χ1) is 12.7. The van der Waals surface area contributed by atoms with Crippen molar-refractivity contribution in [2.45, 2.75) is 18.9 Å². The van der Waals surface area contributed by atoms with E-state index in [-0.39, 0.29) is 25.7 Å². The summed E-state index contributed by atoms with van der Waals surface area (Å²) in [5.41, 5.74) is 2.07. The molecular formula is C19H18FN3O3. The Hall–Kier alpha value is -2.93. The highest BCUT2D eigenvalue weighted by Crippen LogP contribution is 2.21. The topological polar surface area (TPSA) is 67.6 Å². The normalized spacial score (nSPS) is 19.8. The summed E-state index contributed by atoms with van der Waals surface area (Å²) in [5.74, 6) is 0.394. The van der Waals surface area contributed by atoms with E-state index < -0.39 is 12.3 Å². The molecule has 2 atom stereocenters. The Morgan fingerprint density at radius 2 is 1.96 bits per heavy atom. The molecule has 1 aromatic heterocycles. The van der Waals surface area contributed by atoms with Gasteiger partial charge in [0, 0.05) is 5.69 Å². The van der Waals surface area contributed by atoms with Crippen LogP contribution in [0, 0.1) is 0 Å². The molecule has 3 aromatic rings. The van der Waals surface area contributed by atoms with Gasteiger partial charge < -0.3 is 19.4 Å². The lowest BCUT2D eigenvalue weighted by atomic mass is 10.3. The number of fused-ring (bicyclic) bond motifs is 1. The van der Waals surface area contributed by atoms with Crippen molar-refractivity contribution in [2.24, 2.45) is 0 Å². The van der Waals surface area contributed by atoms with Gasteiger partial charge in [0.15, 0.2) is 5.58 Å². The predicted octanol–water partition coefficient (Wildman–Crippen LogP) is 3.60. The van der Waals surface area contributed by atoms with Crippen LogP contribution in [-0.2, 0) is 11.3 Å². The zero-order valence-corrected chi connectivity index (χ0v) is 14.0. The molecule has 26 heavy (non-hydrogen) atoms. The number of carbonyl (C=O) groups excluding carboxylic acids is 1. The first-order valence-electron chi connectivity index (χ1n) is 8.40. The van der Waals surface area contributed by atoms with E-state index in [0.29, 0.717) is 17.2 Å². The van der Waals surface area contributed by atoms with Crippen LogP contribution in [0.15, 0.2) is 59.0 Å². The van der Waals surface area contributed by atoms with E-state index in [1.807, 2.05) is 42.5 Å². The lowest BCUT2D eigenvalue weighted by Crippen LogP contribution is -2.34. The number of urea groups is 1. The molecular weight excluding hydrogens is 337 g/mol. The van der Waals surface area contributed by atoms with Crippen LogP contribution in [0.2, 0.25) is 0 Å². The van der Waals surface area contributed by atoms with E-state index in [1.54, 1.807) is 12.1 Å². The summed E-state index contributed by atoms with van der Waals surface area (Å²) in [5, 5.41) is 2.75. The fourth-order valence-electron chi connectivity index (χ4n) is 2.94. The van der Waals surface area contributed by atoms with Crippen LogP contribution in [0.3, 0.4) is 0 Å². The van der Waals surface area contributed by atoms with E-state index >= 15 is 0 Å². The molecule has 1 aliphatic heterocycles. The number of oxazole rings is 1. The predicted molar refractivity (Wildman–Crippen MR) is 94.5 cm³/mol. The van der Waals surface area contributed by atoms with Gasteiger partial charge in [0.2, 0.25) is 5.89 Å². The summed E-state index contributed by atoms with van der Waals surface area (Å²) in [6, 6.07) is 16.1. The number of benzene rings is 2. The van der Waals surface area contributed by atoms with Gasteiger partial charge in [-0.2, -0.15) is 0 Å². The van der Waals surface area contributed by atoms with Gasteiger partial charge in [0.25, 0.3) is 0 Å². The number of carbonyl (C=O) groups is 1. The maximum Gasteiger partial charge on any atom is 0.322 e. The molecule has 7 heteroatoms. The number of nitrogens with one attached hydrogen (secondary N) is 1. The first kappa shape index (κ1) is 16.5. The maximum absolute atomic E-state index is 14.2. The Kier molecular flexibility index (Phi) is 4.53. The number of ether oxygens (including phenoxy) is 1. The summed E-state index contributed by atoms with van der Waals surface area (Å²) in [7, 11) is 0. The number of alkyl halides is 1. The van der Waals surface area contributed by atoms with Crippen molar-refractivity contribution >= 4 is 22.8 Å². The van der Waals surface area contributed by atoms with Crippen molar-refractivity contribution in [1.82, 2.24) is 9.88 Å². The van der Waals surface area contributed by atoms with Gasteiger partial charge in [-0.25, -0.2) is 14.2 Å². The number of hydrogen-bond donors (Lipinski definition) is 1. The average Bonchev–Trinajstić information content (AvgIpc) is 3.23. The first-order valence-corrected chi connectivity index (χ1v) is 8.40. The van der Waals surface area contributed by atoms with Crippen LogP contribution in [0.4, 0.5) is 14.9 Å². The standard InChI is InChI=1S/C19H18FN3O3/c20-14-10-23(19(24)21-13-6-2-1-3-7-13)11-17(14)25-12-18-22-15-8-4-5-9-16(15)26-18/h1-9,14,17H,10-12H2,(H,21,24). The fraction of sp³-hybridized carbons (Fsp3) is 0.263. The largest absolute Gasteiger partial charge is 0.438 e. The third kappa shape index (κ3) is 3.52. The molecule has 2 aromatic carbocycles. The highest BCUT2D eigenvalue weighted by molar-refractivity contribution is 5.89. The molecule has 0 bridgehead atoms. The lowest BCUT2D eigenvalue weighted by molar-refractivity contribution is 0.00334. The minimum atomic E-state index is -1.25. The summed E-state index contributed by atoms with van der Waals surface area (Å²) in [6.07, 6.45) is -1.95. The van der Waals surface area contributed by atoms with Crippen molar-refractivity contribution in [3.8, 4) is 0 Å². The van der Waals surface area contributed by atoms with Crippen LogP contribution in [0.1, 0.15) is 5.89 Å². The van der Waals surface area contributed by atoms with Crippen molar-refractivity contribution in [3.63, 3.8) is 0 Å². The SMILES string of the molecule is O=C(Nc1ccccc1)N1CC(F)C(OCc2nc3ccccc3o2)C1. The molecule has 1 aliphatic rings. The fourth-order valence-corrected chi connectivity index (χ4v) is 2.94. The Morgan fingerprint density at radius 1 is 1.19 bits per heavy atom. The number of halogens is 1. The molecule has 1 saturated heterocycles. The van der Waals surface area contributed by atoms with Crippen LogP contribution in [-0.4, -0.2) is 41.3 Å². The summed E-state index contributed by atoms with van der Waals surface area (Å²) < 4.78 is 25.4. The van der Waals surface area contributed by atoms with Gasteiger partial charge in [-0.3, -0.25) is 0 Å². The molecule has 0 radical (unpaired) electrons. The average molecular weight is 355 g/mol. The molecule has 0 spiro atoms. The molecule has 4 rings (SSSR count). The number of likely N-dealkylation sites (tertiary alicyclic amines) is 1. The summed E-state index contributed by atoms with van der Waals surface area (Å²) in [4.78, 5) is 18.0. The number of hydrogen-bond acceptors (Lipinski definition) is 4. The lowest BCUT2D eigenvalue weighted by Gasteiger charge is -2.16. The molecule has 2 amide bonds. The molecule has 2 heterocycles. The van der Waals surface area contributed by atoms with E-state index in [0.717, 1.165) is 5.52 Å². The van der Waals surface area contributed by atoms with Gasteiger partial charge in [-0.15, -0.1) is 0 Å². The third-order valence-corrected chi connectivity index (χ3v) is 4.27. The van der Waals surface area contributed by atoms with E-state index in [1.165, 1.54) is 4.90 Å². The van der Waals surface area contributed by atoms with Gasteiger partial charge in [0.05, 0.1) is 13.1 Å². The third-order valence-electron chi connectivity index (χ3n) is 4.27. The Balaban J connectivity index is 1.34. The number of rotatable bonds is 4. The van der Waals surface area contributed by atoms with Crippen molar-refractivity contribution < 1.29 is 18.3 Å². The van der Waals surface area contributed by atoms with E-state index in [4.69, 9.17) is 9.15 Å². The zero-order valence-electron chi connectivity index (χ0n) is 14.0. The highest BCUT2D eigenvalue weighted by Gasteiger charge is 2.36. The molecule has 2 unspecified atom stereocenters. The van der Waals surface area contributed by atoms with Crippen molar-refractivity contribution in [1.29, 1.82) is 0 Å². The quantitative estimate of drug-likeness (QED) is 0.776. The van der Waals surface area contributed by atoms with E-state index in [9.17, 15) is 9.18 Å². The van der Waals surface area contributed by atoms with Gasteiger partial charge >= 0.3 is 6.03 Å². The smallest absolute Gasteiger partial charge is 0.322 e. The van der Waals surface area contributed by atoms with Crippen LogP contribution < -0.4 is 5.32 Å². The second kappa shape index (κ2) is 7.13. The van der Waals surface area contributed by atoms with Gasteiger partial charge in [0.1, 0.15) is 24.4 Å². The molecule has 0 aliphatic carbocycles. The molecule has 1 N–H and O–H groups in total. The minimum Gasteiger partial charge on any atom is -0.438 e. The monoisotopic (exact) mass is 355 g/mol. The highest BCUT2D eigenvalue weighted by atomic mass is 19.1. The summed E-state index contributed by atoms with van der Waals surface area (Å²) >= 11 is 0. The Labute approximate surface area is 149 Å². The molecule has 1 fully saturated rings. The minimum absolute atomic E-state index is 0.00308. The Morgan fingerprint density at radius 3 is 2.77 bits per heavy atom. The zero-order chi connectivity index (χ0) is 17.9. The molecule has 0 saturated carbocycles. The van der Waals surface area contributed by atoms with Gasteiger partial charge in [-0.1, -0.05) is 30.3 Å². The molecule has 134 valence electrons. The van der Waals surface area contributed by atoms with Crippen LogP contribution in [0.5, 0.6) is 0 Å². The maximum atomic E-state index is 14.2. The Bertz CT molecular complexity index is 866. The number of nitrogens with zero attached hydrogens (tertiary/aromatic N) is 2. The molecule has 6 nitrogen and oxygen atoms in total. The van der Waals surface area contributed by atoms with Crippen LogP contribution in [0.25, 0.3) is 11.1 Å². The van der Waals surface area contributed by atoms with Gasteiger partial charge in [-0.05, 0) is 24.3 Å². The number of anilines is 1.